The normalized spacial score (nSPS) is 13.0. The molecule has 210 valence electrons. The molecule has 1 aliphatic rings. The van der Waals surface area contributed by atoms with Crippen LogP contribution in [0, 0.1) is 0 Å². The van der Waals surface area contributed by atoms with Crippen LogP contribution in [0.3, 0.4) is 0 Å². The zero-order valence-electron chi connectivity index (χ0n) is 22.8. The third-order valence-electron chi connectivity index (χ3n) is 7.40. The van der Waals surface area contributed by atoms with Gasteiger partial charge < -0.3 is 10.2 Å². The van der Waals surface area contributed by atoms with E-state index in [9.17, 15) is 14.4 Å². The molecule has 5 rings (SSSR count). The van der Waals surface area contributed by atoms with Crippen molar-refractivity contribution in [2.75, 3.05) is 18.0 Å². The van der Waals surface area contributed by atoms with Crippen molar-refractivity contribution in [1.82, 2.24) is 10.2 Å². The number of carbonyl (C=O) groups is 3. The van der Waals surface area contributed by atoms with Gasteiger partial charge in [-0.25, -0.2) is 0 Å². The van der Waals surface area contributed by atoms with Gasteiger partial charge in [0.1, 0.15) is 12.6 Å². The van der Waals surface area contributed by atoms with E-state index in [1.807, 2.05) is 60.7 Å². The highest BCUT2D eigenvalue weighted by Gasteiger charge is 2.36. The molecule has 0 saturated heterocycles. The standard InChI is InChI=1S/C33H31Cl2N3O3/c1-2-3-17-36-32(40)29(18-22-9-5-4-6-10-22)37(20-24-15-16-25(34)19-27(24)35)30(39)21-38-28-14-8-12-23-11-7-13-26(31(23)28)33(38)41/h4-16,19,29H,2-3,17-18,20-21H2,1H3,(H,36,40)/t29-/m0/s1. The molecule has 4 aromatic carbocycles. The van der Waals surface area contributed by atoms with E-state index in [0.717, 1.165) is 29.2 Å². The first-order valence-corrected chi connectivity index (χ1v) is 14.5. The summed E-state index contributed by atoms with van der Waals surface area (Å²) in [6, 6.07) is 25.1. The van der Waals surface area contributed by atoms with E-state index < -0.39 is 6.04 Å². The highest BCUT2D eigenvalue weighted by molar-refractivity contribution is 6.35. The van der Waals surface area contributed by atoms with Gasteiger partial charge in [-0.05, 0) is 47.2 Å². The Labute approximate surface area is 249 Å². The largest absolute Gasteiger partial charge is 0.354 e. The minimum atomic E-state index is -0.829. The van der Waals surface area contributed by atoms with Crippen molar-refractivity contribution in [3.05, 3.63) is 112 Å². The molecule has 0 spiro atoms. The average Bonchev–Trinajstić information content (AvgIpc) is 3.24. The van der Waals surface area contributed by atoms with Crippen LogP contribution < -0.4 is 10.2 Å². The Morgan fingerprint density at radius 1 is 0.951 bits per heavy atom. The van der Waals surface area contributed by atoms with Crippen LogP contribution in [0.4, 0.5) is 5.69 Å². The maximum absolute atomic E-state index is 14.2. The zero-order valence-corrected chi connectivity index (χ0v) is 24.3. The van der Waals surface area contributed by atoms with Crippen molar-refractivity contribution in [3.63, 3.8) is 0 Å². The Morgan fingerprint density at radius 2 is 1.71 bits per heavy atom. The van der Waals surface area contributed by atoms with Crippen molar-refractivity contribution in [2.24, 2.45) is 0 Å². The van der Waals surface area contributed by atoms with Gasteiger partial charge in [0, 0.05) is 40.5 Å². The van der Waals surface area contributed by atoms with E-state index in [-0.39, 0.29) is 30.8 Å². The van der Waals surface area contributed by atoms with Crippen LogP contribution in [-0.4, -0.2) is 41.8 Å². The van der Waals surface area contributed by atoms with Crippen molar-refractivity contribution >= 4 is 57.4 Å². The van der Waals surface area contributed by atoms with E-state index in [1.54, 1.807) is 29.2 Å². The molecule has 0 saturated carbocycles. The quantitative estimate of drug-likeness (QED) is 0.199. The molecule has 0 aliphatic carbocycles. The first-order chi connectivity index (χ1) is 19.9. The lowest BCUT2D eigenvalue weighted by atomic mass is 10.0. The van der Waals surface area contributed by atoms with Crippen molar-refractivity contribution in [3.8, 4) is 0 Å². The van der Waals surface area contributed by atoms with E-state index >= 15 is 0 Å². The molecule has 8 heteroatoms. The lowest BCUT2D eigenvalue weighted by Crippen LogP contribution is -2.53. The topological polar surface area (TPSA) is 69.7 Å². The van der Waals surface area contributed by atoms with Gasteiger partial charge in [-0.1, -0.05) is 97.2 Å². The lowest BCUT2D eigenvalue weighted by molar-refractivity contribution is -0.140. The number of hydrogen-bond donors (Lipinski definition) is 1. The molecule has 0 unspecified atom stereocenters. The third kappa shape index (κ3) is 6.24. The van der Waals surface area contributed by atoms with Gasteiger partial charge in [-0.2, -0.15) is 0 Å². The van der Waals surface area contributed by atoms with Gasteiger partial charge in [0.05, 0.1) is 5.69 Å². The number of anilines is 1. The molecule has 0 aromatic heterocycles. The summed E-state index contributed by atoms with van der Waals surface area (Å²) in [5.41, 5.74) is 2.82. The molecule has 3 amide bonds. The number of rotatable bonds is 11. The second kappa shape index (κ2) is 12.8. The molecule has 6 nitrogen and oxygen atoms in total. The Hall–Kier alpha value is -3.87. The van der Waals surface area contributed by atoms with Crippen LogP contribution in [0.2, 0.25) is 10.0 Å². The summed E-state index contributed by atoms with van der Waals surface area (Å²) >= 11 is 12.7. The fraction of sp³-hybridized carbons (Fsp3) is 0.242. The van der Waals surface area contributed by atoms with Crippen LogP contribution in [-0.2, 0) is 22.6 Å². The number of unbranched alkanes of at least 4 members (excludes halogenated alkanes) is 1. The summed E-state index contributed by atoms with van der Waals surface area (Å²) in [5, 5.41) is 5.65. The summed E-state index contributed by atoms with van der Waals surface area (Å²) < 4.78 is 0. The number of halogens is 2. The summed E-state index contributed by atoms with van der Waals surface area (Å²) in [6.07, 6.45) is 2.06. The Morgan fingerprint density at radius 3 is 2.44 bits per heavy atom. The van der Waals surface area contributed by atoms with Gasteiger partial charge >= 0.3 is 0 Å². The zero-order chi connectivity index (χ0) is 28.9. The number of nitrogens with one attached hydrogen (secondary N) is 1. The van der Waals surface area contributed by atoms with E-state index in [0.29, 0.717) is 39.8 Å². The summed E-state index contributed by atoms with van der Waals surface area (Å²) in [6.45, 7) is 2.42. The second-order valence-corrected chi connectivity index (χ2v) is 11.0. The maximum atomic E-state index is 14.2. The third-order valence-corrected chi connectivity index (χ3v) is 7.99. The summed E-state index contributed by atoms with van der Waals surface area (Å²) in [4.78, 5) is 44.5. The SMILES string of the molecule is CCCCNC(=O)[C@H](Cc1ccccc1)N(Cc1ccc(Cl)cc1Cl)C(=O)CN1C(=O)c2cccc3cccc1c23. The lowest BCUT2D eigenvalue weighted by Gasteiger charge is -2.33. The van der Waals surface area contributed by atoms with Gasteiger partial charge in [0.25, 0.3) is 5.91 Å². The number of nitrogens with zero attached hydrogens (tertiary/aromatic N) is 2. The number of benzene rings is 4. The molecule has 1 aliphatic heterocycles. The van der Waals surface area contributed by atoms with Crippen LogP contribution in [0.1, 0.15) is 41.3 Å². The Bertz CT molecular complexity index is 1590. The van der Waals surface area contributed by atoms with Crippen molar-refractivity contribution in [2.45, 2.75) is 38.8 Å². The summed E-state index contributed by atoms with van der Waals surface area (Å²) in [7, 11) is 0. The fourth-order valence-corrected chi connectivity index (χ4v) is 5.72. The van der Waals surface area contributed by atoms with E-state index in [4.69, 9.17) is 23.2 Å². The van der Waals surface area contributed by atoms with Crippen molar-refractivity contribution in [1.29, 1.82) is 0 Å². The summed E-state index contributed by atoms with van der Waals surface area (Å²) in [5.74, 6) is -0.846. The molecule has 0 radical (unpaired) electrons. The molecular weight excluding hydrogens is 557 g/mol. The predicted molar refractivity (Wildman–Crippen MR) is 164 cm³/mol. The van der Waals surface area contributed by atoms with Gasteiger partial charge in [0.15, 0.2) is 0 Å². The Balaban J connectivity index is 1.51. The second-order valence-electron chi connectivity index (χ2n) is 10.2. The molecular formula is C33H31Cl2N3O3. The van der Waals surface area contributed by atoms with Gasteiger partial charge in [-0.3, -0.25) is 19.3 Å². The molecule has 0 bridgehead atoms. The number of carbonyl (C=O) groups excluding carboxylic acids is 3. The smallest absolute Gasteiger partial charge is 0.259 e. The molecule has 1 heterocycles. The molecule has 1 atom stereocenters. The molecule has 0 fully saturated rings. The maximum Gasteiger partial charge on any atom is 0.259 e. The fourth-order valence-electron chi connectivity index (χ4n) is 5.26. The van der Waals surface area contributed by atoms with Crippen LogP contribution >= 0.6 is 23.2 Å². The van der Waals surface area contributed by atoms with Crippen LogP contribution in [0.15, 0.2) is 84.9 Å². The minimum Gasteiger partial charge on any atom is -0.354 e. The minimum absolute atomic E-state index is 0.0761. The van der Waals surface area contributed by atoms with E-state index in [2.05, 4.69) is 12.2 Å². The monoisotopic (exact) mass is 587 g/mol. The number of hydrogen-bond acceptors (Lipinski definition) is 3. The van der Waals surface area contributed by atoms with Crippen LogP contribution in [0.5, 0.6) is 0 Å². The van der Waals surface area contributed by atoms with E-state index in [1.165, 1.54) is 4.90 Å². The first-order valence-electron chi connectivity index (χ1n) is 13.8. The van der Waals surface area contributed by atoms with Crippen LogP contribution in [0.25, 0.3) is 10.8 Å². The van der Waals surface area contributed by atoms with Gasteiger partial charge in [0.2, 0.25) is 11.8 Å². The first kappa shape index (κ1) is 28.7. The number of amides is 3. The highest BCUT2D eigenvalue weighted by atomic mass is 35.5. The molecule has 1 N–H and O–H groups in total. The average molecular weight is 589 g/mol. The predicted octanol–water partition coefficient (Wildman–Crippen LogP) is 6.66. The molecule has 4 aromatic rings. The van der Waals surface area contributed by atoms with Gasteiger partial charge in [-0.15, -0.1) is 0 Å². The Kier molecular flexibility index (Phi) is 8.91. The molecule has 41 heavy (non-hydrogen) atoms. The van der Waals surface area contributed by atoms with Crippen molar-refractivity contribution < 1.29 is 14.4 Å². The highest BCUT2D eigenvalue weighted by Crippen LogP contribution is 2.37.